The summed E-state index contributed by atoms with van der Waals surface area (Å²) in [5, 5.41) is 19.9. The number of benzene rings is 2. The number of hydrogen-bond acceptors (Lipinski definition) is 2. The maximum atomic E-state index is 11.7. The first-order valence-electron chi connectivity index (χ1n) is 7.99. The fraction of sp³-hybridized carbons (Fsp3) is 0.250. The summed E-state index contributed by atoms with van der Waals surface area (Å²) in [5.74, 6) is -0.655. The molecule has 0 spiro atoms. The minimum Gasteiger partial charge on any atom is -0.508 e. The highest BCUT2D eigenvalue weighted by Gasteiger charge is 2.21. The van der Waals surface area contributed by atoms with E-state index in [0.29, 0.717) is 5.56 Å². The maximum Gasteiger partial charge on any atom is 0.338 e. The number of aromatic carboxylic acids is 1. The second-order valence-corrected chi connectivity index (χ2v) is 6.46. The Hall–Kier alpha value is -2.75. The molecule has 0 amide bonds. The minimum absolute atomic E-state index is 0.164. The number of phenols is 1. The third kappa shape index (κ3) is 2.44. The summed E-state index contributed by atoms with van der Waals surface area (Å²) >= 11 is 0. The molecule has 0 aliphatic heterocycles. The number of hydrogen-bond donors (Lipinski definition) is 2. The Morgan fingerprint density at radius 1 is 1.08 bits per heavy atom. The SMILES string of the molecule is Cc1cc(O)ccc1-c1ccc2c(C(=O)O)c(C)n(C(C)C)c2c1. The molecule has 0 fully saturated rings. The van der Waals surface area contributed by atoms with Gasteiger partial charge in [0.1, 0.15) is 5.75 Å². The van der Waals surface area contributed by atoms with Crippen LogP contribution < -0.4 is 0 Å². The molecule has 124 valence electrons. The molecule has 24 heavy (non-hydrogen) atoms. The smallest absolute Gasteiger partial charge is 0.338 e. The van der Waals surface area contributed by atoms with Gasteiger partial charge >= 0.3 is 5.97 Å². The molecule has 4 heteroatoms. The fourth-order valence-corrected chi connectivity index (χ4v) is 3.51. The lowest BCUT2D eigenvalue weighted by Gasteiger charge is -2.13. The topological polar surface area (TPSA) is 62.5 Å². The summed E-state index contributed by atoms with van der Waals surface area (Å²) < 4.78 is 2.07. The van der Waals surface area contributed by atoms with Crippen molar-refractivity contribution in [3.63, 3.8) is 0 Å². The second kappa shape index (κ2) is 5.71. The van der Waals surface area contributed by atoms with Gasteiger partial charge in [-0.25, -0.2) is 4.79 Å². The van der Waals surface area contributed by atoms with Crippen molar-refractivity contribution >= 4 is 16.9 Å². The van der Waals surface area contributed by atoms with Crippen LogP contribution in [0.3, 0.4) is 0 Å². The molecule has 0 saturated carbocycles. The van der Waals surface area contributed by atoms with Crippen LogP contribution in [0.15, 0.2) is 36.4 Å². The van der Waals surface area contributed by atoms with Gasteiger partial charge in [0.05, 0.1) is 5.56 Å². The molecular weight excluding hydrogens is 302 g/mol. The van der Waals surface area contributed by atoms with Crippen molar-refractivity contribution in [3.8, 4) is 16.9 Å². The van der Waals surface area contributed by atoms with Gasteiger partial charge in [0.25, 0.3) is 0 Å². The average Bonchev–Trinajstić information content (AvgIpc) is 2.78. The average molecular weight is 323 g/mol. The summed E-state index contributed by atoms with van der Waals surface area (Å²) in [5.41, 5.74) is 5.08. The third-order valence-corrected chi connectivity index (χ3v) is 4.50. The summed E-state index contributed by atoms with van der Waals surface area (Å²) in [6.45, 7) is 7.91. The number of aryl methyl sites for hydroxylation is 1. The van der Waals surface area contributed by atoms with Crippen molar-refractivity contribution in [3.05, 3.63) is 53.2 Å². The van der Waals surface area contributed by atoms with Crippen LogP contribution in [0.4, 0.5) is 0 Å². The number of carboxylic acids is 1. The number of carbonyl (C=O) groups is 1. The maximum absolute atomic E-state index is 11.7. The van der Waals surface area contributed by atoms with E-state index in [2.05, 4.69) is 18.4 Å². The summed E-state index contributed by atoms with van der Waals surface area (Å²) in [6.07, 6.45) is 0. The van der Waals surface area contributed by atoms with Crippen molar-refractivity contribution in [1.29, 1.82) is 0 Å². The highest BCUT2D eigenvalue weighted by atomic mass is 16.4. The molecule has 0 bridgehead atoms. The van der Waals surface area contributed by atoms with Gasteiger partial charge in [0.15, 0.2) is 0 Å². The quantitative estimate of drug-likeness (QED) is 0.720. The van der Waals surface area contributed by atoms with E-state index in [4.69, 9.17) is 0 Å². The lowest BCUT2D eigenvalue weighted by Crippen LogP contribution is -2.05. The van der Waals surface area contributed by atoms with Crippen LogP contribution in [0.5, 0.6) is 5.75 Å². The number of aromatic hydroxyl groups is 1. The van der Waals surface area contributed by atoms with Gasteiger partial charge in [-0.05, 0) is 62.6 Å². The van der Waals surface area contributed by atoms with Gasteiger partial charge in [-0.1, -0.05) is 18.2 Å². The predicted molar refractivity (Wildman–Crippen MR) is 95.9 cm³/mol. The molecule has 0 aliphatic rings. The second-order valence-electron chi connectivity index (χ2n) is 6.46. The lowest BCUT2D eigenvalue weighted by atomic mass is 9.98. The van der Waals surface area contributed by atoms with Crippen LogP contribution in [-0.4, -0.2) is 20.7 Å². The Morgan fingerprint density at radius 3 is 2.38 bits per heavy atom. The van der Waals surface area contributed by atoms with Crippen LogP contribution in [0.25, 0.3) is 22.0 Å². The number of nitrogens with zero attached hydrogens (tertiary/aromatic N) is 1. The Morgan fingerprint density at radius 2 is 1.79 bits per heavy atom. The Bertz CT molecular complexity index is 951. The van der Waals surface area contributed by atoms with Crippen molar-refractivity contribution in [2.45, 2.75) is 33.7 Å². The van der Waals surface area contributed by atoms with Crippen molar-refractivity contribution in [2.24, 2.45) is 0 Å². The Kier molecular flexibility index (Phi) is 3.84. The van der Waals surface area contributed by atoms with Crippen molar-refractivity contribution < 1.29 is 15.0 Å². The van der Waals surface area contributed by atoms with Gasteiger partial charge in [-0.15, -0.1) is 0 Å². The molecule has 0 radical (unpaired) electrons. The van der Waals surface area contributed by atoms with E-state index >= 15 is 0 Å². The number of aromatic nitrogens is 1. The number of carboxylic acid groups (broad SMARTS) is 1. The van der Waals surface area contributed by atoms with Gasteiger partial charge in [-0.3, -0.25) is 0 Å². The standard InChI is InChI=1S/C20H21NO3/c1-11(2)21-13(4)19(20(23)24)17-7-5-14(10-18(17)21)16-8-6-15(22)9-12(16)3/h5-11,22H,1-4H3,(H,23,24). The molecule has 2 aromatic carbocycles. The minimum atomic E-state index is -0.898. The van der Waals surface area contributed by atoms with E-state index in [-0.39, 0.29) is 11.8 Å². The van der Waals surface area contributed by atoms with Gasteiger partial charge < -0.3 is 14.8 Å². The zero-order valence-corrected chi connectivity index (χ0v) is 14.3. The molecule has 3 rings (SSSR count). The Labute approximate surface area is 141 Å². The normalized spacial score (nSPS) is 11.4. The first kappa shape index (κ1) is 16.1. The molecular formula is C20H21NO3. The van der Waals surface area contributed by atoms with Crippen LogP contribution in [0.1, 0.15) is 41.5 Å². The lowest BCUT2D eigenvalue weighted by molar-refractivity contribution is 0.0698. The first-order chi connectivity index (χ1) is 11.3. The largest absolute Gasteiger partial charge is 0.508 e. The summed E-state index contributed by atoms with van der Waals surface area (Å²) in [6, 6.07) is 11.3. The summed E-state index contributed by atoms with van der Waals surface area (Å²) in [7, 11) is 0. The van der Waals surface area contributed by atoms with E-state index < -0.39 is 5.97 Å². The zero-order chi connectivity index (χ0) is 17.6. The molecule has 3 aromatic rings. The van der Waals surface area contributed by atoms with Crippen molar-refractivity contribution in [1.82, 2.24) is 4.57 Å². The number of phenolic OH excluding ortho intramolecular Hbond substituents is 1. The highest BCUT2D eigenvalue weighted by molar-refractivity contribution is 6.06. The van der Waals surface area contributed by atoms with E-state index in [0.717, 1.165) is 33.3 Å². The molecule has 1 aromatic heterocycles. The Balaban J connectivity index is 2.32. The monoisotopic (exact) mass is 323 g/mol. The molecule has 4 nitrogen and oxygen atoms in total. The van der Waals surface area contributed by atoms with E-state index in [1.165, 1.54) is 0 Å². The first-order valence-corrected chi connectivity index (χ1v) is 7.99. The molecule has 0 atom stereocenters. The van der Waals surface area contributed by atoms with Crippen LogP contribution in [0.2, 0.25) is 0 Å². The predicted octanol–water partition coefficient (Wildman–Crippen LogP) is 4.91. The summed E-state index contributed by atoms with van der Waals surface area (Å²) in [4.78, 5) is 11.7. The van der Waals surface area contributed by atoms with E-state index in [9.17, 15) is 15.0 Å². The third-order valence-electron chi connectivity index (χ3n) is 4.50. The number of rotatable bonds is 3. The van der Waals surface area contributed by atoms with Crippen LogP contribution in [-0.2, 0) is 0 Å². The molecule has 0 saturated heterocycles. The molecule has 0 aliphatic carbocycles. The molecule has 2 N–H and O–H groups in total. The van der Waals surface area contributed by atoms with Crippen LogP contribution >= 0.6 is 0 Å². The fourth-order valence-electron chi connectivity index (χ4n) is 3.51. The highest BCUT2D eigenvalue weighted by Crippen LogP contribution is 2.34. The van der Waals surface area contributed by atoms with Crippen LogP contribution in [0, 0.1) is 13.8 Å². The number of fused-ring (bicyclic) bond motifs is 1. The van der Waals surface area contributed by atoms with E-state index in [1.54, 1.807) is 12.1 Å². The molecule has 0 unspecified atom stereocenters. The van der Waals surface area contributed by atoms with Gasteiger partial charge in [-0.2, -0.15) is 0 Å². The van der Waals surface area contributed by atoms with E-state index in [1.807, 2.05) is 38.1 Å². The zero-order valence-electron chi connectivity index (χ0n) is 14.3. The van der Waals surface area contributed by atoms with Gasteiger partial charge in [0, 0.05) is 22.6 Å². The van der Waals surface area contributed by atoms with Crippen molar-refractivity contribution in [2.75, 3.05) is 0 Å². The van der Waals surface area contributed by atoms with Gasteiger partial charge in [0.2, 0.25) is 0 Å². The molecule has 1 heterocycles.